The first-order valence-corrected chi connectivity index (χ1v) is 10.9. The molecule has 1 heterocycles. The van der Waals surface area contributed by atoms with E-state index in [1.54, 1.807) is 0 Å². The van der Waals surface area contributed by atoms with Gasteiger partial charge in [0.2, 0.25) is 11.8 Å². The Hall–Kier alpha value is -2.74. The number of anilines is 2. The number of benzene rings is 1. The molecule has 1 aromatic carbocycles. The molecule has 0 spiro atoms. The van der Waals surface area contributed by atoms with E-state index in [4.69, 9.17) is 5.73 Å². The molecule has 2 aliphatic carbocycles. The molecule has 0 unspecified atom stereocenters. The highest BCUT2D eigenvalue weighted by Gasteiger charge is 2.24. The van der Waals surface area contributed by atoms with Crippen molar-refractivity contribution in [3.05, 3.63) is 51.7 Å². The summed E-state index contributed by atoms with van der Waals surface area (Å²) >= 11 is 0. The molecule has 0 bridgehead atoms. The Morgan fingerprint density at radius 1 is 1.10 bits per heavy atom. The maximum atomic E-state index is 11.4. The number of aromatic nitrogens is 2. The molecule has 8 heteroatoms. The van der Waals surface area contributed by atoms with Crippen molar-refractivity contribution in [3.8, 4) is 0 Å². The highest BCUT2D eigenvalue weighted by molar-refractivity contribution is 5.57. The van der Waals surface area contributed by atoms with Crippen molar-refractivity contribution >= 4 is 17.5 Å². The van der Waals surface area contributed by atoms with Crippen LogP contribution in [0.4, 0.5) is 17.5 Å². The summed E-state index contributed by atoms with van der Waals surface area (Å²) in [6.07, 6.45) is 8.67. The van der Waals surface area contributed by atoms with E-state index in [-0.39, 0.29) is 11.7 Å². The van der Waals surface area contributed by atoms with Gasteiger partial charge in [-0.1, -0.05) is 24.3 Å². The van der Waals surface area contributed by atoms with Crippen molar-refractivity contribution in [2.75, 3.05) is 23.7 Å². The van der Waals surface area contributed by atoms with Gasteiger partial charge in [-0.15, -0.1) is 0 Å². The SMILES string of the molecule is NCC1CCC(CNc2nc(N[C@@H]3CCc4ccccc4C3)ncc2[N+](=O)[O-])CC1. The molecule has 160 valence electrons. The Bertz CT molecular complexity index is 882. The molecule has 1 fully saturated rings. The molecule has 4 rings (SSSR count). The number of nitrogens with two attached hydrogens (primary N) is 1. The smallest absolute Gasteiger partial charge is 0.329 e. The average molecular weight is 411 g/mol. The summed E-state index contributed by atoms with van der Waals surface area (Å²) < 4.78 is 0. The summed E-state index contributed by atoms with van der Waals surface area (Å²) in [7, 11) is 0. The van der Waals surface area contributed by atoms with E-state index < -0.39 is 4.92 Å². The normalized spacial score (nSPS) is 23.4. The van der Waals surface area contributed by atoms with Crippen molar-refractivity contribution in [2.45, 2.75) is 51.0 Å². The van der Waals surface area contributed by atoms with Crippen molar-refractivity contribution in [1.29, 1.82) is 0 Å². The third-order valence-corrected chi connectivity index (χ3v) is 6.50. The van der Waals surface area contributed by atoms with Crippen molar-refractivity contribution in [2.24, 2.45) is 17.6 Å². The maximum Gasteiger partial charge on any atom is 0.329 e. The number of hydrogen-bond acceptors (Lipinski definition) is 7. The molecule has 30 heavy (non-hydrogen) atoms. The zero-order chi connectivity index (χ0) is 20.9. The maximum absolute atomic E-state index is 11.4. The Morgan fingerprint density at radius 2 is 1.83 bits per heavy atom. The Kier molecular flexibility index (Phi) is 6.42. The first-order valence-electron chi connectivity index (χ1n) is 10.9. The Morgan fingerprint density at radius 3 is 2.57 bits per heavy atom. The van der Waals surface area contributed by atoms with Gasteiger partial charge in [-0.3, -0.25) is 10.1 Å². The number of nitrogens with one attached hydrogen (secondary N) is 2. The second-order valence-electron chi connectivity index (χ2n) is 8.54. The van der Waals surface area contributed by atoms with E-state index in [1.165, 1.54) is 17.3 Å². The van der Waals surface area contributed by atoms with Crippen LogP contribution in [0.25, 0.3) is 0 Å². The topological polar surface area (TPSA) is 119 Å². The van der Waals surface area contributed by atoms with Crippen LogP contribution in [0.1, 0.15) is 43.2 Å². The van der Waals surface area contributed by atoms with E-state index in [1.807, 2.05) is 0 Å². The van der Waals surface area contributed by atoms with Crippen LogP contribution < -0.4 is 16.4 Å². The van der Waals surface area contributed by atoms with Crippen LogP contribution in [0.2, 0.25) is 0 Å². The third-order valence-electron chi connectivity index (χ3n) is 6.50. The summed E-state index contributed by atoms with van der Waals surface area (Å²) in [5.74, 6) is 1.86. The van der Waals surface area contributed by atoms with Crippen molar-refractivity contribution in [1.82, 2.24) is 9.97 Å². The number of rotatable bonds is 7. The molecule has 0 saturated heterocycles. The van der Waals surface area contributed by atoms with Crippen LogP contribution in [0.3, 0.4) is 0 Å². The molecule has 2 aliphatic rings. The van der Waals surface area contributed by atoms with Gasteiger partial charge >= 0.3 is 5.69 Å². The van der Waals surface area contributed by atoms with Gasteiger partial charge < -0.3 is 16.4 Å². The van der Waals surface area contributed by atoms with E-state index >= 15 is 0 Å². The second kappa shape index (κ2) is 9.38. The molecule has 1 saturated carbocycles. The van der Waals surface area contributed by atoms with Crippen LogP contribution in [-0.2, 0) is 12.8 Å². The summed E-state index contributed by atoms with van der Waals surface area (Å²) in [5.41, 5.74) is 8.43. The van der Waals surface area contributed by atoms with Crippen LogP contribution in [0, 0.1) is 22.0 Å². The lowest BCUT2D eigenvalue weighted by molar-refractivity contribution is -0.384. The highest BCUT2D eigenvalue weighted by atomic mass is 16.6. The fraction of sp³-hybridized carbons (Fsp3) is 0.545. The zero-order valence-electron chi connectivity index (χ0n) is 17.2. The number of nitro groups is 1. The first kappa shape index (κ1) is 20.5. The highest BCUT2D eigenvalue weighted by Crippen LogP contribution is 2.30. The van der Waals surface area contributed by atoms with Gasteiger partial charge in [0.1, 0.15) is 6.20 Å². The van der Waals surface area contributed by atoms with Gasteiger partial charge in [0, 0.05) is 12.6 Å². The van der Waals surface area contributed by atoms with Gasteiger partial charge in [0.25, 0.3) is 0 Å². The average Bonchev–Trinajstić information content (AvgIpc) is 2.78. The minimum atomic E-state index is -0.422. The molecular weight excluding hydrogens is 380 g/mol. The Labute approximate surface area is 176 Å². The van der Waals surface area contributed by atoms with Gasteiger partial charge in [0.05, 0.1) is 4.92 Å². The van der Waals surface area contributed by atoms with Crippen molar-refractivity contribution < 1.29 is 4.92 Å². The zero-order valence-corrected chi connectivity index (χ0v) is 17.2. The lowest BCUT2D eigenvalue weighted by atomic mass is 9.82. The molecule has 8 nitrogen and oxygen atoms in total. The fourth-order valence-corrected chi connectivity index (χ4v) is 4.62. The molecule has 0 aliphatic heterocycles. The van der Waals surface area contributed by atoms with Crippen LogP contribution in [0.15, 0.2) is 30.5 Å². The summed E-state index contributed by atoms with van der Waals surface area (Å²) in [6.45, 7) is 1.43. The van der Waals surface area contributed by atoms with Crippen LogP contribution >= 0.6 is 0 Å². The third kappa shape index (κ3) is 4.87. The van der Waals surface area contributed by atoms with E-state index in [9.17, 15) is 10.1 Å². The number of aryl methyl sites for hydroxylation is 1. The van der Waals surface area contributed by atoms with E-state index in [0.717, 1.165) is 51.5 Å². The molecule has 1 atom stereocenters. The quantitative estimate of drug-likeness (QED) is 0.472. The molecular formula is C22H30N6O2. The first-order chi connectivity index (χ1) is 14.6. The summed E-state index contributed by atoms with van der Waals surface area (Å²) in [6, 6.07) is 8.70. The predicted octanol–water partition coefficient (Wildman–Crippen LogP) is 3.53. The monoisotopic (exact) mass is 410 g/mol. The van der Waals surface area contributed by atoms with Gasteiger partial charge in [-0.25, -0.2) is 4.98 Å². The molecule has 0 radical (unpaired) electrons. The van der Waals surface area contributed by atoms with E-state index in [0.29, 0.717) is 30.1 Å². The standard InChI is InChI=1S/C22H30N6O2/c23-12-15-5-7-16(8-6-15)13-24-21-20(28(29)30)14-25-22(27-21)26-19-10-9-17-3-1-2-4-18(17)11-19/h1-4,14-16,19H,5-13,23H2,(H2,24,25,26,27)/t15?,16?,19-/m1/s1. The number of nitrogens with zero attached hydrogens (tertiary/aromatic N) is 3. The number of hydrogen-bond donors (Lipinski definition) is 3. The van der Waals surface area contributed by atoms with Gasteiger partial charge in [-0.05, 0) is 74.5 Å². The molecule has 1 aromatic heterocycles. The number of fused-ring (bicyclic) bond motifs is 1. The van der Waals surface area contributed by atoms with Gasteiger partial charge in [0.15, 0.2) is 0 Å². The van der Waals surface area contributed by atoms with Crippen LogP contribution in [0.5, 0.6) is 0 Å². The lowest BCUT2D eigenvalue weighted by Gasteiger charge is -2.28. The lowest BCUT2D eigenvalue weighted by Crippen LogP contribution is -2.28. The molecule has 4 N–H and O–H groups in total. The summed E-state index contributed by atoms with van der Waals surface area (Å²) in [5, 5.41) is 18.1. The molecule has 0 amide bonds. The predicted molar refractivity (Wildman–Crippen MR) is 118 cm³/mol. The van der Waals surface area contributed by atoms with E-state index in [2.05, 4.69) is 44.9 Å². The van der Waals surface area contributed by atoms with Crippen molar-refractivity contribution in [3.63, 3.8) is 0 Å². The largest absolute Gasteiger partial charge is 0.364 e. The summed E-state index contributed by atoms with van der Waals surface area (Å²) in [4.78, 5) is 19.7. The fourth-order valence-electron chi connectivity index (χ4n) is 4.62. The van der Waals surface area contributed by atoms with Gasteiger partial charge in [-0.2, -0.15) is 4.98 Å². The minimum Gasteiger partial charge on any atom is -0.364 e. The molecule has 2 aromatic rings. The van der Waals surface area contributed by atoms with Crippen LogP contribution in [-0.4, -0.2) is 34.0 Å². The second-order valence-corrected chi connectivity index (χ2v) is 8.54. The minimum absolute atomic E-state index is 0.0785. The Balaban J connectivity index is 1.41.